The third kappa shape index (κ3) is 3.19. The molecule has 2 rings (SSSR count). The number of aldehydes is 1. The standard InChI is InChI=1S/C14H21NO2/c1-3-14(2,11-16)10-15(12-6-7-12)9-13-5-4-8-17-13/h4-5,8,11-12H,3,6-7,9-10H2,1-2H3. The van der Waals surface area contributed by atoms with Crippen LogP contribution < -0.4 is 0 Å². The molecule has 0 radical (unpaired) electrons. The third-order valence-electron chi connectivity index (χ3n) is 3.66. The predicted octanol–water partition coefficient (Wildman–Crippen LogP) is 2.86. The van der Waals surface area contributed by atoms with Crippen molar-refractivity contribution in [2.75, 3.05) is 6.54 Å². The molecule has 1 heterocycles. The summed E-state index contributed by atoms with van der Waals surface area (Å²) >= 11 is 0. The fourth-order valence-corrected chi connectivity index (χ4v) is 2.05. The Bertz CT molecular complexity index is 356. The average Bonchev–Trinajstić information content (AvgIpc) is 3.07. The third-order valence-corrected chi connectivity index (χ3v) is 3.66. The van der Waals surface area contributed by atoms with Crippen molar-refractivity contribution in [3.8, 4) is 0 Å². The quantitative estimate of drug-likeness (QED) is 0.681. The highest BCUT2D eigenvalue weighted by atomic mass is 16.3. The monoisotopic (exact) mass is 235 g/mol. The SMILES string of the molecule is CCC(C)(C=O)CN(Cc1ccco1)C1CC1. The first-order chi connectivity index (χ1) is 8.17. The van der Waals surface area contributed by atoms with Gasteiger partial charge in [-0.2, -0.15) is 0 Å². The first-order valence-electron chi connectivity index (χ1n) is 6.39. The highest BCUT2D eigenvalue weighted by molar-refractivity contribution is 5.58. The zero-order valence-corrected chi connectivity index (χ0v) is 10.7. The van der Waals surface area contributed by atoms with Crippen LogP contribution in [0.5, 0.6) is 0 Å². The van der Waals surface area contributed by atoms with Gasteiger partial charge in [0.1, 0.15) is 12.0 Å². The van der Waals surface area contributed by atoms with Crippen molar-refractivity contribution in [3.63, 3.8) is 0 Å². The lowest BCUT2D eigenvalue weighted by atomic mass is 9.88. The average molecular weight is 235 g/mol. The molecule has 3 nitrogen and oxygen atoms in total. The van der Waals surface area contributed by atoms with E-state index >= 15 is 0 Å². The molecule has 17 heavy (non-hydrogen) atoms. The summed E-state index contributed by atoms with van der Waals surface area (Å²) in [7, 11) is 0. The summed E-state index contributed by atoms with van der Waals surface area (Å²) in [6.07, 6.45) is 6.19. The minimum atomic E-state index is -0.227. The van der Waals surface area contributed by atoms with Crippen molar-refractivity contribution in [3.05, 3.63) is 24.2 Å². The highest BCUT2D eigenvalue weighted by Crippen LogP contribution is 2.32. The van der Waals surface area contributed by atoms with E-state index in [2.05, 4.69) is 11.8 Å². The van der Waals surface area contributed by atoms with Crippen LogP contribution in [0.15, 0.2) is 22.8 Å². The highest BCUT2D eigenvalue weighted by Gasteiger charge is 2.34. The van der Waals surface area contributed by atoms with E-state index in [1.165, 1.54) is 12.8 Å². The molecule has 1 aromatic heterocycles. The van der Waals surface area contributed by atoms with Crippen LogP contribution in [-0.2, 0) is 11.3 Å². The van der Waals surface area contributed by atoms with Crippen LogP contribution in [0.3, 0.4) is 0 Å². The molecule has 1 aromatic rings. The van der Waals surface area contributed by atoms with Crippen LogP contribution >= 0.6 is 0 Å². The molecular weight excluding hydrogens is 214 g/mol. The van der Waals surface area contributed by atoms with Gasteiger partial charge in [-0.1, -0.05) is 13.8 Å². The van der Waals surface area contributed by atoms with Crippen LogP contribution in [0.2, 0.25) is 0 Å². The van der Waals surface area contributed by atoms with E-state index in [-0.39, 0.29) is 5.41 Å². The molecule has 0 saturated heterocycles. The first-order valence-corrected chi connectivity index (χ1v) is 6.39. The van der Waals surface area contributed by atoms with E-state index in [1.54, 1.807) is 6.26 Å². The summed E-state index contributed by atoms with van der Waals surface area (Å²) in [5.74, 6) is 0.987. The van der Waals surface area contributed by atoms with Gasteiger partial charge in [-0.15, -0.1) is 0 Å². The van der Waals surface area contributed by atoms with Gasteiger partial charge in [-0.25, -0.2) is 0 Å². The number of rotatable bonds is 7. The van der Waals surface area contributed by atoms with Crippen molar-refractivity contribution in [2.45, 2.75) is 45.7 Å². The van der Waals surface area contributed by atoms with E-state index in [4.69, 9.17) is 4.42 Å². The van der Waals surface area contributed by atoms with Crippen LogP contribution in [0.1, 0.15) is 38.9 Å². The summed E-state index contributed by atoms with van der Waals surface area (Å²) in [5, 5.41) is 0. The molecule has 94 valence electrons. The number of carbonyl (C=O) groups is 1. The van der Waals surface area contributed by atoms with Crippen molar-refractivity contribution in [1.29, 1.82) is 0 Å². The minimum absolute atomic E-state index is 0.227. The second-order valence-electron chi connectivity index (χ2n) is 5.34. The van der Waals surface area contributed by atoms with Crippen molar-refractivity contribution in [2.24, 2.45) is 5.41 Å². The topological polar surface area (TPSA) is 33.5 Å². The smallest absolute Gasteiger partial charge is 0.127 e. The van der Waals surface area contributed by atoms with Crippen LogP contribution in [0, 0.1) is 5.41 Å². The van der Waals surface area contributed by atoms with Crippen LogP contribution in [-0.4, -0.2) is 23.8 Å². The van der Waals surface area contributed by atoms with E-state index < -0.39 is 0 Å². The lowest BCUT2D eigenvalue weighted by Crippen LogP contribution is -2.37. The molecule has 0 aromatic carbocycles. The Hall–Kier alpha value is -1.09. The van der Waals surface area contributed by atoms with Gasteiger partial charge >= 0.3 is 0 Å². The number of hydrogen-bond donors (Lipinski definition) is 0. The molecule has 0 spiro atoms. The Morgan fingerprint density at radius 1 is 1.59 bits per heavy atom. The molecule has 1 aliphatic carbocycles. The fourth-order valence-electron chi connectivity index (χ4n) is 2.05. The largest absolute Gasteiger partial charge is 0.468 e. The number of furan rings is 1. The Balaban J connectivity index is 2.00. The zero-order valence-electron chi connectivity index (χ0n) is 10.7. The molecule has 0 amide bonds. The van der Waals surface area contributed by atoms with E-state index in [0.29, 0.717) is 6.04 Å². The molecule has 0 bridgehead atoms. The van der Waals surface area contributed by atoms with Crippen LogP contribution in [0.4, 0.5) is 0 Å². The van der Waals surface area contributed by atoms with Gasteiger partial charge in [0.15, 0.2) is 0 Å². The maximum Gasteiger partial charge on any atom is 0.127 e. The van der Waals surface area contributed by atoms with E-state index in [0.717, 1.165) is 31.6 Å². The predicted molar refractivity (Wildman–Crippen MR) is 66.6 cm³/mol. The van der Waals surface area contributed by atoms with Gasteiger partial charge in [0.25, 0.3) is 0 Å². The number of carbonyl (C=O) groups excluding carboxylic acids is 1. The summed E-state index contributed by atoms with van der Waals surface area (Å²) in [6.45, 7) is 5.77. The zero-order chi connectivity index (χ0) is 12.3. The molecule has 0 aliphatic heterocycles. The Kier molecular flexibility index (Phi) is 3.67. The van der Waals surface area contributed by atoms with Crippen molar-refractivity contribution < 1.29 is 9.21 Å². The van der Waals surface area contributed by atoms with Gasteiger partial charge in [-0.05, 0) is 31.4 Å². The van der Waals surface area contributed by atoms with Crippen LogP contribution in [0.25, 0.3) is 0 Å². The molecular formula is C14H21NO2. The van der Waals surface area contributed by atoms with Gasteiger partial charge in [0.2, 0.25) is 0 Å². The van der Waals surface area contributed by atoms with Gasteiger partial charge in [-0.3, -0.25) is 4.90 Å². The van der Waals surface area contributed by atoms with Gasteiger partial charge in [0, 0.05) is 18.0 Å². The first kappa shape index (κ1) is 12.4. The normalized spacial score (nSPS) is 19.2. The fraction of sp³-hybridized carbons (Fsp3) is 0.643. The number of hydrogen-bond acceptors (Lipinski definition) is 3. The Labute approximate surface area is 103 Å². The summed E-state index contributed by atoms with van der Waals surface area (Å²) in [5.41, 5.74) is -0.227. The van der Waals surface area contributed by atoms with Gasteiger partial charge < -0.3 is 9.21 Å². The summed E-state index contributed by atoms with van der Waals surface area (Å²) in [6, 6.07) is 4.56. The lowest BCUT2D eigenvalue weighted by Gasteiger charge is -2.30. The van der Waals surface area contributed by atoms with Crippen molar-refractivity contribution >= 4 is 6.29 Å². The summed E-state index contributed by atoms with van der Waals surface area (Å²) < 4.78 is 5.39. The molecule has 1 saturated carbocycles. The molecule has 1 fully saturated rings. The second kappa shape index (κ2) is 5.05. The van der Waals surface area contributed by atoms with E-state index in [1.807, 2.05) is 19.1 Å². The maximum absolute atomic E-state index is 11.2. The van der Waals surface area contributed by atoms with Crippen molar-refractivity contribution in [1.82, 2.24) is 4.90 Å². The molecule has 1 aliphatic rings. The number of nitrogens with zero attached hydrogens (tertiary/aromatic N) is 1. The molecule has 1 unspecified atom stereocenters. The van der Waals surface area contributed by atoms with Gasteiger partial charge in [0.05, 0.1) is 12.8 Å². The second-order valence-corrected chi connectivity index (χ2v) is 5.34. The van der Waals surface area contributed by atoms with E-state index in [9.17, 15) is 4.79 Å². The Morgan fingerprint density at radius 3 is 2.82 bits per heavy atom. The minimum Gasteiger partial charge on any atom is -0.468 e. The lowest BCUT2D eigenvalue weighted by molar-refractivity contribution is -0.116. The summed E-state index contributed by atoms with van der Waals surface area (Å²) in [4.78, 5) is 13.6. The maximum atomic E-state index is 11.2. The molecule has 1 atom stereocenters. The molecule has 3 heteroatoms. The molecule has 0 N–H and O–H groups in total. The Morgan fingerprint density at radius 2 is 2.35 bits per heavy atom.